The fraction of sp³-hybridized carbons (Fsp3) is 0.231. The quantitative estimate of drug-likeness (QED) is 0.855. The Kier molecular flexibility index (Phi) is 5.02. The van der Waals surface area contributed by atoms with Crippen LogP contribution in [0.4, 0.5) is 15.0 Å². The van der Waals surface area contributed by atoms with E-state index in [9.17, 15) is 14.0 Å². The Morgan fingerprint density at radius 1 is 1.32 bits per heavy atom. The van der Waals surface area contributed by atoms with Crippen LogP contribution in [-0.4, -0.2) is 34.1 Å². The number of methoxy groups -OCH3 is 1. The fourth-order valence-corrected chi connectivity index (χ4v) is 1.59. The van der Waals surface area contributed by atoms with E-state index in [-0.39, 0.29) is 30.6 Å². The maximum Gasteiger partial charge on any atom is 0.412 e. The largest absolute Gasteiger partial charge is 0.453 e. The van der Waals surface area contributed by atoms with Gasteiger partial charge in [-0.25, -0.2) is 13.9 Å². The highest BCUT2D eigenvalue weighted by atomic mass is 19.1. The molecule has 0 aliphatic carbocycles. The van der Waals surface area contributed by atoms with E-state index in [2.05, 4.69) is 25.7 Å². The molecular weight excluding hydrogens is 293 g/mol. The molecule has 0 fully saturated rings. The SMILES string of the molecule is COC(=O)Nc1cn(CC(=O)NCc2ccc(F)cc2)nn1. The van der Waals surface area contributed by atoms with E-state index in [1.54, 1.807) is 12.1 Å². The molecule has 0 bridgehead atoms. The van der Waals surface area contributed by atoms with Crippen LogP contribution in [0.5, 0.6) is 0 Å². The third kappa shape index (κ3) is 4.54. The van der Waals surface area contributed by atoms with Crippen LogP contribution in [-0.2, 0) is 22.6 Å². The number of ether oxygens (including phenoxy) is 1. The zero-order valence-corrected chi connectivity index (χ0v) is 11.7. The summed E-state index contributed by atoms with van der Waals surface area (Å²) in [4.78, 5) is 22.7. The predicted molar refractivity (Wildman–Crippen MR) is 74.3 cm³/mol. The summed E-state index contributed by atoms with van der Waals surface area (Å²) in [7, 11) is 1.22. The van der Waals surface area contributed by atoms with Gasteiger partial charge in [-0.1, -0.05) is 17.3 Å². The maximum absolute atomic E-state index is 12.7. The van der Waals surface area contributed by atoms with Gasteiger partial charge in [-0.15, -0.1) is 5.10 Å². The molecule has 116 valence electrons. The second-order valence-corrected chi connectivity index (χ2v) is 4.32. The van der Waals surface area contributed by atoms with Gasteiger partial charge in [-0.2, -0.15) is 0 Å². The van der Waals surface area contributed by atoms with Crippen LogP contribution >= 0.6 is 0 Å². The number of rotatable bonds is 5. The number of hydrogen-bond acceptors (Lipinski definition) is 5. The standard InChI is InChI=1S/C13H14FN5O3/c1-22-13(21)16-11-7-19(18-17-11)8-12(20)15-6-9-2-4-10(14)5-3-9/h2-5,7H,6,8H2,1H3,(H,15,20)(H,16,21). The number of amides is 2. The summed E-state index contributed by atoms with van der Waals surface area (Å²) in [6, 6.07) is 5.82. The summed E-state index contributed by atoms with van der Waals surface area (Å²) in [5.74, 6) is -0.444. The number of hydrogen-bond donors (Lipinski definition) is 2. The normalized spacial score (nSPS) is 10.1. The van der Waals surface area contributed by atoms with Crippen LogP contribution in [0.15, 0.2) is 30.5 Å². The molecule has 0 spiro atoms. The van der Waals surface area contributed by atoms with Gasteiger partial charge < -0.3 is 10.1 Å². The van der Waals surface area contributed by atoms with Crippen molar-refractivity contribution in [3.8, 4) is 0 Å². The smallest absolute Gasteiger partial charge is 0.412 e. The van der Waals surface area contributed by atoms with E-state index >= 15 is 0 Å². The third-order valence-electron chi connectivity index (χ3n) is 2.66. The summed E-state index contributed by atoms with van der Waals surface area (Å²) in [6.07, 6.45) is 0.724. The maximum atomic E-state index is 12.7. The molecule has 2 aromatic rings. The molecule has 1 aromatic carbocycles. The Hall–Kier alpha value is -2.97. The van der Waals surface area contributed by atoms with E-state index in [0.717, 1.165) is 5.56 Å². The van der Waals surface area contributed by atoms with Gasteiger partial charge in [-0.3, -0.25) is 10.1 Å². The number of nitrogens with zero attached hydrogens (tertiary/aromatic N) is 3. The summed E-state index contributed by atoms with van der Waals surface area (Å²) in [6.45, 7) is 0.220. The Bertz CT molecular complexity index is 656. The van der Waals surface area contributed by atoms with Crippen molar-refractivity contribution in [3.63, 3.8) is 0 Å². The minimum absolute atomic E-state index is 0.0585. The molecule has 8 nitrogen and oxygen atoms in total. The van der Waals surface area contributed by atoms with Crippen LogP contribution in [0.1, 0.15) is 5.56 Å². The Morgan fingerprint density at radius 3 is 2.73 bits per heavy atom. The van der Waals surface area contributed by atoms with Crippen molar-refractivity contribution in [2.75, 3.05) is 12.4 Å². The summed E-state index contributed by atoms with van der Waals surface area (Å²) < 4.78 is 18.4. The Balaban J connectivity index is 1.81. The van der Waals surface area contributed by atoms with E-state index < -0.39 is 6.09 Å². The van der Waals surface area contributed by atoms with Crippen molar-refractivity contribution < 1.29 is 18.7 Å². The van der Waals surface area contributed by atoms with Crippen molar-refractivity contribution >= 4 is 17.8 Å². The molecular formula is C13H14FN5O3. The number of nitrogens with one attached hydrogen (secondary N) is 2. The monoisotopic (exact) mass is 307 g/mol. The van der Waals surface area contributed by atoms with E-state index in [4.69, 9.17) is 0 Å². The topological polar surface area (TPSA) is 98.1 Å². The second-order valence-electron chi connectivity index (χ2n) is 4.32. The van der Waals surface area contributed by atoms with Crippen LogP contribution < -0.4 is 10.6 Å². The van der Waals surface area contributed by atoms with Crippen molar-refractivity contribution in [2.45, 2.75) is 13.1 Å². The fourth-order valence-electron chi connectivity index (χ4n) is 1.59. The average molecular weight is 307 g/mol. The lowest BCUT2D eigenvalue weighted by Gasteiger charge is -2.05. The van der Waals surface area contributed by atoms with E-state index in [0.29, 0.717) is 0 Å². The van der Waals surface area contributed by atoms with Gasteiger partial charge in [0.05, 0.1) is 13.3 Å². The van der Waals surface area contributed by atoms with Crippen molar-refractivity contribution in [3.05, 3.63) is 41.8 Å². The van der Waals surface area contributed by atoms with Crippen molar-refractivity contribution in [2.24, 2.45) is 0 Å². The summed E-state index contributed by atoms with van der Waals surface area (Å²) in [5.41, 5.74) is 0.779. The molecule has 0 saturated heterocycles. The zero-order chi connectivity index (χ0) is 15.9. The number of aromatic nitrogens is 3. The molecule has 0 saturated carbocycles. The van der Waals surface area contributed by atoms with Gasteiger partial charge in [-0.05, 0) is 17.7 Å². The molecule has 0 aliphatic rings. The number of anilines is 1. The molecule has 22 heavy (non-hydrogen) atoms. The first-order chi connectivity index (χ1) is 10.6. The van der Waals surface area contributed by atoms with Crippen molar-refractivity contribution in [1.29, 1.82) is 0 Å². The van der Waals surface area contributed by atoms with Gasteiger partial charge in [0.25, 0.3) is 0 Å². The zero-order valence-electron chi connectivity index (χ0n) is 11.7. The second kappa shape index (κ2) is 7.16. The first kappa shape index (κ1) is 15.4. The highest BCUT2D eigenvalue weighted by Gasteiger charge is 2.08. The lowest BCUT2D eigenvalue weighted by atomic mass is 10.2. The molecule has 0 radical (unpaired) electrons. The molecule has 9 heteroatoms. The third-order valence-corrected chi connectivity index (χ3v) is 2.66. The van der Waals surface area contributed by atoms with E-state index in [1.807, 2.05) is 0 Å². The first-order valence-electron chi connectivity index (χ1n) is 6.33. The first-order valence-corrected chi connectivity index (χ1v) is 6.33. The number of carbonyl (C=O) groups excluding carboxylic acids is 2. The van der Waals surface area contributed by atoms with Crippen LogP contribution in [0, 0.1) is 5.82 Å². The Labute approximate surface area is 125 Å². The number of benzene rings is 1. The minimum atomic E-state index is -0.673. The summed E-state index contributed by atoms with van der Waals surface area (Å²) >= 11 is 0. The highest BCUT2D eigenvalue weighted by molar-refractivity contribution is 5.82. The molecule has 1 aromatic heterocycles. The molecule has 0 aliphatic heterocycles. The lowest BCUT2D eigenvalue weighted by Crippen LogP contribution is -2.27. The highest BCUT2D eigenvalue weighted by Crippen LogP contribution is 2.03. The summed E-state index contributed by atoms with van der Waals surface area (Å²) in [5, 5.41) is 12.4. The van der Waals surface area contributed by atoms with Gasteiger partial charge in [0.1, 0.15) is 12.4 Å². The van der Waals surface area contributed by atoms with Crippen LogP contribution in [0.2, 0.25) is 0 Å². The molecule has 1 heterocycles. The van der Waals surface area contributed by atoms with Gasteiger partial charge >= 0.3 is 6.09 Å². The minimum Gasteiger partial charge on any atom is -0.453 e. The number of carbonyl (C=O) groups is 2. The molecule has 2 N–H and O–H groups in total. The van der Waals surface area contributed by atoms with Crippen LogP contribution in [0.3, 0.4) is 0 Å². The average Bonchev–Trinajstić information content (AvgIpc) is 2.93. The molecule has 2 rings (SSSR count). The lowest BCUT2D eigenvalue weighted by molar-refractivity contribution is -0.122. The number of halogens is 1. The van der Waals surface area contributed by atoms with Gasteiger partial charge in [0, 0.05) is 6.54 Å². The van der Waals surface area contributed by atoms with E-state index in [1.165, 1.54) is 30.1 Å². The predicted octanol–water partition coefficient (Wildman–Crippen LogP) is 0.912. The van der Waals surface area contributed by atoms with Gasteiger partial charge in [0.2, 0.25) is 5.91 Å². The molecule has 0 atom stereocenters. The molecule has 0 unspecified atom stereocenters. The molecule has 2 amide bonds. The Morgan fingerprint density at radius 2 is 2.05 bits per heavy atom. The van der Waals surface area contributed by atoms with Crippen molar-refractivity contribution in [1.82, 2.24) is 20.3 Å². The van der Waals surface area contributed by atoms with Crippen LogP contribution in [0.25, 0.3) is 0 Å². The van der Waals surface area contributed by atoms with Gasteiger partial charge in [0.15, 0.2) is 5.82 Å².